The monoisotopic (exact) mass is 372 g/mol. The Kier molecular flexibility index (Phi) is 5.14. The van der Waals surface area contributed by atoms with Crippen molar-refractivity contribution in [2.45, 2.75) is 51.4 Å². The van der Waals surface area contributed by atoms with E-state index in [1.807, 2.05) is 6.07 Å². The van der Waals surface area contributed by atoms with E-state index in [-0.39, 0.29) is 40.7 Å². The van der Waals surface area contributed by atoms with Gasteiger partial charge in [0.05, 0.1) is 0 Å². The average molecular weight is 372 g/mol. The van der Waals surface area contributed by atoms with Crippen molar-refractivity contribution in [3.8, 4) is 5.75 Å². The fraction of sp³-hybridized carbons (Fsp3) is 0.611. The first-order chi connectivity index (χ1) is 11.3. The van der Waals surface area contributed by atoms with Crippen molar-refractivity contribution in [1.82, 2.24) is 0 Å². The third kappa shape index (κ3) is 3.32. The molecule has 3 aliphatic carbocycles. The minimum atomic E-state index is -4.74. The second kappa shape index (κ2) is 6.64. The molecule has 2 saturated carbocycles. The second-order valence-corrected chi connectivity index (χ2v) is 8.67. The molecule has 5 nitrogen and oxygen atoms in total. The SMILES string of the molecule is C[C@]12CC[C@@H]3c4ccc(OS(=O)(=O)[O-])cc4CC[C@@H]3[C@@H]1CCC2=O.[Na+]. The van der Waals surface area contributed by atoms with Crippen LogP contribution in [-0.2, 0) is 21.6 Å². The number of benzene rings is 1. The molecule has 1 aromatic rings. The number of fused-ring (bicyclic) bond motifs is 5. The third-order valence-electron chi connectivity index (χ3n) is 6.61. The summed E-state index contributed by atoms with van der Waals surface area (Å²) in [6.07, 6.45) is 5.50. The molecule has 0 radical (unpaired) electrons. The van der Waals surface area contributed by atoms with Gasteiger partial charge in [-0.2, -0.15) is 0 Å². The van der Waals surface area contributed by atoms with Gasteiger partial charge in [0.1, 0.15) is 11.5 Å². The van der Waals surface area contributed by atoms with Crippen LogP contribution in [0.25, 0.3) is 0 Å². The van der Waals surface area contributed by atoms with Crippen LogP contribution in [0, 0.1) is 17.3 Å². The van der Waals surface area contributed by atoms with Gasteiger partial charge in [-0.25, -0.2) is 8.42 Å². The van der Waals surface area contributed by atoms with E-state index in [2.05, 4.69) is 11.1 Å². The van der Waals surface area contributed by atoms with E-state index in [0.29, 0.717) is 30.0 Å². The van der Waals surface area contributed by atoms with Gasteiger partial charge in [0.15, 0.2) is 0 Å². The van der Waals surface area contributed by atoms with E-state index in [4.69, 9.17) is 0 Å². The summed E-state index contributed by atoms with van der Waals surface area (Å²) in [6.45, 7) is 2.15. The van der Waals surface area contributed by atoms with E-state index >= 15 is 0 Å². The van der Waals surface area contributed by atoms with Gasteiger partial charge < -0.3 is 8.74 Å². The molecule has 2 fully saturated rings. The number of aryl methyl sites for hydroxylation is 1. The molecule has 0 amide bonds. The predicted octanol–water partition coefficient (Wildman–Crippen LogP) is -0.0452. The maximum absolute atomic E-state index is 12.3. The van der Waals surface area contributed by atoms with Gasteiger partial charge in [0.25, 0.3) is 10.4 Å². The zero-order chi connectivity index (χ0) is 17.1. The van der Waals surface area contributed by atoms with Crippen LogP contribution in [0.15, 0.2) is 18.2 Å². The van der Waals surface area contributed by atoms with Gasteiger partial charge in [0.2, 0.25) is 0 Å². The van der Waals surface area contributed by atoms with E-state index in [0.717, 1.165) is 37.7 Å². The maximum Gasteiger partial charge on any atom is 1.00 e. The molecule has 25 heavy (non-hydrogen) atoms. The molecule has 0 heterocycles. The summed E-state index contributed by atoms with van der Waals surface area (Å²) < 4.78 is 36.8. The van der Waals surface area contributed by atoms with Crippen LogP contribution >= 0.6 is 0 Å². The standard InChI is InChI=1S/C18H22O5S.Na/c1-18-9-8-14-13-5-3-12(23-24(20,21)22)10-11(13)2-4-15(14)16(18)6-7-17(18)19;/h3,5,10,14-16H,2,4,6-9H2,1H3,(H,20,21,22);/q;+1/p-1/t14-,15+,16+,18+;/m1./s1. The summed E-state index contributed by atoms with van der Waals surface area (Å²) in [5, 5.41) is 0. The van der Waals surface area contributed by atoms with Gasteiger partial charge in [-0.15, -0.1) is 0 Å². The molecule has 0 saturated heterocycles. The summed E-state index contributed by atoms with van der Waals surface area (Å²) in [4.78, 5) is 12.3. The van der Waals surface area contributed by atoms with Crippen molar-refractivity contribution in [3.63, 3.8) is 0 Å². The number of rotatable bonds is 2. The number of carbonyl (C=O) groups excluding carboxylic acids is 1. The smallest absolute Gasteiger partial charge is 0.716 e. The average Bonchev–Trinajstić information content (AvgIpc) is 2.81. The Morgan fingerprint density at radius 2 is 1.96 bits per heavy atom. The number of ketones is 1. The molecule has 1 aromatic carbocycles. The van der Waals surface area contributed by atoms with Crippen LogP contribution in [0.2, 0.25) is 0 Å². The van der Waals surface area contributed by atoms with Crippen molar-refractivity contribution in [2.24, 2.45) is 17.3 Å². The van der Waals surface area contributed by atoms with Crippen molar-refractivity contribution < 1.29 is 51.5 Å². The van der Waals surface area contributed by atoms with Crippen LogP contribution in [0.3, 0.4) is 0 Å². The molecule has 0 bridgehead atoms. The molecule has 130 valence electrons. The molecule has 4 rings (SSSR count). The Labute approximate surface area is 170 Å². The first-order valence-corrected chi connectivity index (χ1v) is 9.93. The Balaban J connectivity index is 0.00000182. The molecule has 4 atom stereocenters. The largest absolute Gasteiger partial charge is 1.00 e. The predicted molar refractivity (Wildman–Crippen MR) is 86.4 cm³/mol. The molecule has 0 spiro atoms. The van der Waals surface area contributed by atoms with E-state index in [1.165, 1.54) is 5.56 Å². The van der Waals surface area contributed by atoms with Crippen LogP contribution in [0.4, 0.5) is 0 Å². The minimum absolute atomic E-state index is 0. The summed E-state index contributed by atoms with van der Waals surface area (Å²) >= 11 is 0. The molecule has 7 heteroatoms. The van der Waals surface area contributed by atoms with E-state index in [9.17, 15) is 17.8 Å². The summed E-state index contributed by atoms with van der Waals surface area (Å²) in [6, 6.07) is 5.17. The number of Topliss-reactive ketones (excluding diaryl/α,β-unsaturated/α-hetero) is 1. The van der Waals surface area contributed by atoms with Crippen molar-refractivity contribution >= 4 is 16.2 Å². The van der Waals surface area contributed by atoms with Crippen LogP contribution in [0.5, 0.6) is 5.75 Å². The van der Waals surface area contributed by atoms with E-state index < -0.39 is 10.4 Å². The second-order valence-electron chi connectivity index (χ2n) is 7.69. The maximum atomic E-state index is 12.3. The fourth-order valence-corrected chi connectivity index (χ4v) is 5.84. The molecule has 0 aromatic heterocycles. The first-order valence-electron chi connectivity index (χ1n) is 8.59. The van der Waals surface area contributed by atoms with Crippen molar-refractivity contribution in [1.29, 1.82) is 0 Å². The summed E-state index contributed by atoms with van der Waals surface area (Å²) in [5.74, 6) is 1.95. The Morgan fingerprint density at radius 3 is 2.68 bits per heavy atom. The molecule has 0 N–H and O–H groups in total. The summed E-state index contributed by atoms with van der Waals surface area (Å²) in [7, 11) is -4.74. The summed E-state index contributed by atoms with van der Waals surface area (Å²) in [5.41, 5.74) is 2.17. The number of carbonyl (C=O) groups is 1. The minimum Gasteiger partial charge on any atom is -0.716 e. The zero-order valence-electron chi connectivity index (χ0n) is 14.7. The molecular formula is C18H21NaO5S. The Morgan fingerprint density at radius 1 is 1.20 bits per heavy atom. The fourth-order valence-electron chi connectivity index (χ4n) is 5.50. The molecule has 0 unspecified atom stereocenters. The Bertz CT molecular complexity index is 806. The number of hydrogen-bond acceptors (Lipinski definition) is 5. The van der Waals surface area contributed by atoms with Crippen LogP contribution in [-0.4, -0.2) is 18.8 Å². The van der Waals surface area contributed by atoms with Gasteiger partial charge in [0, 0.05) is 11.8 Å². The molecule has 3 aliphatic rings. The third-order valence-corrected chi connectivity index (χ3v) is 7.00. The van der Waals surface area contributed by atoms with Crippen LogP contribution < -0.4 is 33.7 Å². The van der Waals surface area contributed by atoms with Crippen LogP contribution in [0.1, 0.15) is 56.1 Å². The van der Waals surface area contributed by atoms with Gasteiger partial charge in [-0.1, -0.05) is 13.0 Å². The molecular weight excluding hydrogens is 351 g/mol. The molecule has 0 aliphatic heterocycles. The van der Waals surface area contributed by atoms with E-state index in [1.54, 1.807) is 12.1 Å². The first kappa shape index (κ1) is 19.4. The van der Waals surface area contributed by atoms with Gasteiger partial charge in [-0.05, 0) is 73.1 Å². The number of hydrogen-bond donors (Lipinski definition) is 0. The van der Waals surface area contributed by atoms with Gasteiger partial charge >= 0.3 is 29.6 Å². The Hall–Kier alpha value is -0.400. The zero-order valence-corrected chi connectivity index (χ0v) is 17.5. The van der Waals surface area contributed by atoms with Crippen molar-refractivity contribution in [2.75, 3.05) is 0 Å². The normalized spacial score (nSPS) is 33.7. The topological polar surface area (TPSA) is 83.5 Å². The van der Waals surface area contributed by atoms with Crippen molar-refractivity contribution in [3.05, 3.63) is 29.3 Å². The van der Waals surface area contributed by atoms with Gasteiger partial charge in [-0.3, -0.25) is 4.79 Å². The quantitative estimate of drug-likeness (QED) is 0.413.